The molecule has 0 saturated heterocycles. The molecule has 4 rings (SSSR count). The summed E-state index contributed by atoms with van der Waals surface area (Å²) >= 11 is 0. The summed E-state index contributed by atoms with van der Waals surface area (Å²) in [7, 11) is 2.24. The van der Waals surface area contributed by atoms with Crippen molar-refractivity contribution in [3.63, 3.8) is 0 Å². The number of hydrogen-bond acceptors (Lipinski definition) is 2. The van der Waals surface area contributed by atoms with Crippen molar-refractivity contribution in [1.82, 2.24) is 4.90 Å². The fourth-order valence-corrected chi connectivity index (χ4v) is 3.90. The van der Waals surface area contributed by atoms with Gasteiger partial charge in [0.2, 0.25) is 0 Å². The van der Waals surface area contributed by atoms with Gasteiger partial charge in [-0.2, -0.15) is 0 Å². The van der Waals surface area contributed by atoms with Crippen LogP contribution in [0.25, 0.3) is 11.1 Å². The zero-order chi connectivity index (χ0) is 15.1. The molecule has 1 unspecified atom stereocenters. The molecule has 2 aliphatic rings. The Labute approximate surface area is 132 Å². The molecule has 0 spiro atoms. The van der Waals surface area contributed by atoms with Gasteiger partial charge in [-0.05, 0) is 48.2 Å². The highest BCUT2D eigenvalue weighted by molar-refractivity contribution is 5.80. The number of ether oxygens (including phenoxy) is 1. The SMILES string of the molecule is C=CCOc1cccc2c1-c1cccc3c1C(C2)N(C)CC3. The molecule has 0 aromatic heterocycles. The van der Waals surface area contributed by atoms with E-state index in [9.17, 15) is 0 Å². The highest BCUT2D eigenvalue weighted by atomic mass is 16.5. The van der Waals surface area contributed by atoms with Gasteiger partial charge in [-0.25, -0.2) is 0 Å². The summed E-state index contributed by atoms with van der Waals surface area (Å²) in [6.07, 6.45) is 4.02. The van der Waals surface area contributed by atoms with Crippen molar-refractivity contribution in [3.05, 3.63) is 65.7 Å². The highest BCUT2D eigenvalue weighted by Gasteiger charge is 2.33. The van der Waals surface area contributed by atoms with Gasteiger partial charge >= 0.3 is 0 Å². The second-order valence-corrected chi connectivity index (χ2v) is 6.22. The molecule has 0 saturated carbocycles. The van der Waals surface area contributed by atoms with Crippen LogP contribution in [0.15, 0.2) is 49.1 Å². The fourth-order valence-electron chi connectivity index (χ4n) is 3.90. The average Bonchev–Trinajstić information content (AvgIpc) is 2.56. The number of benzene rings is 2. The standard InChI is InChI=1S/C20H21NO/c1-3-12-22-18-9-5-7-15-13-17-19-14(10-11-21(17)2)6-4-8-16(19)20(15)18/h3-9,17H,1,10-13H2,2H3. The zero-order valence-electron chi connectivity index (χ0n) is 13.0. The number of fused-ring (bicyclic) bond motifs is 2. The van der Waals surface area contributed by atoms with Crippen molar-refractivity contribution < 1.29 is 4.74 Å². The molecule has 0 N–H and O–H groups in total. The summed E-state index contributed by atoms with van der Waals surface area (Å²) in [5.74, 6) is 0.984. The third-order valence-corrected chi connectivity index (χ3v) is 4.95. The summed E-state index contributed by atoms with van der Waals surface area (Å²) in [6, 6.07) is 13.7. The van der Waals surface area contributed by atoms with Crippen molar-refractivity contribution >= 4 is 0 Å². The minimum absolute atomic E-state index is 0.502. The number of rotatable bonds is 3. The molecule has 0 fully saturated rings. The first-order valence-electron chi connectivity index (χ1n) is 7.97. The van der Waals surface area contributed by atoms with Crippen LogP contribution in [-0.2, 0) is 12.8 Å². The highest BCUT2D eigenvalue weighted by Crippen LogP contribution is 2.47. The predicted molar refractivity (Wildman–Crippen MR) is 90.3 cm³/mol. The van der Waals surface area contributed by atoms with Crippen molar-refractivity contribution in [2.45, 2.75) is 18.9 Å². The van der Waals surface area contributed by atoms with Gasteiger partial charge in [0.25, 0.3) is 0 Å². The molecule has 2 aromatic rings. The van der Waals surface area contributed by atoms with Crippen LogP contribution in [0.2, 0.25) is 0 Å². The first kappa shape index (κ1) is 13.6. The fraction of sp³-hybridized carbons (Fsp3) is 0.300. The third kappa shape index (κ3) is 1.98. The summed E-state index contributed by atoms with van der Waals surface area (Å²) in [5.41, 5.74) is 7.05. The second-order valence-electron chi connectivity index (χ2n) is 6.22. The topological polar surface area (TPSA) is 12.5 Å². The van der Waals surface area contributed by atoms with E-state index in [4.69, 9.17) is 4.74 Å². The Morgan fingerprint density at radius 2 is 2.05 bits per heavy atom. The maximum Gasteiger partial charge on any atom is 0.127 e. The number of hydrogen-bond donors (Lipinski definition) is 0. The van der Waals surface area contributed by atoms with Gasteiger partial charge in [0.1, 0.15) is 12.4 Å². The van der Waals surface area contributed by atoms with E-state index in [-0.39, 0.29) is 0 Å². The van der Waals surface area contributed by atoms with Crippen molar-refractivity contribution in [1.29, 1.82) is 0 Å². The molecule has 2 heteroatoms. The van der Waals surface area contributed by atoms with Gasteiger partial charge in [0, 0.05) is 18.2 Å². The zero-order valence-corrected chi connectivity index (χ0v) is 13.0. The lowest BCUT2D eigenvalue weighted by Crippen LogP contribution is -2.35. The number of nitrogens with zero attached hydrogens (tertiary/aromatic N) is 1. The molecule has 0 bridgehead atoms. The summed E-state index contributed by atoms with van der Waals surface area (Å²) < 4.78 is 5.93. The Balaban J connectivity index is 1.93. The van der Waals surface area contributed by atoms with Gasteiger partial charge in [-0.15, -0.1) is 0 Å². The van der Waals surface area contributed by atoms with Gasteiger partial charge in [-0.3, -0.25) is 4.90 Å². The van der Waals surface area contributed by atoms with E-state index in [1.807, 2.05) is 0 Å². The molecule has 0 amide bonds. The van der Waals surface area contributed by atoms with Crippen LogP contribution in [0.1, 0.15) is 22.7 Å². The van der Waals surface area contributed by atoms with Crippen LogP contribution in [0, 0.1) is 0 Å². The molecule has 2 nitrogen and oxygen atoms in total. The summed E-state index contributed by atoms with van der Waals surface area (Å²) in [6.45, 7) is 5.45. The van der Waals surface area contributed by atoms with Crippen LogP contribution in [0.5, 0.6) is 5.75 Å². The minimum Gasteiger partial charge on any atom is -0.489 e. The van der Waals surface area contributed by atoms with Crippen LogP contribution >= 0.6 is 0 Å². The first-order valence-corrected chi connectivity index (χ1v) is 7.97. The van der Waals surface area contributed by atoms with E-state index in [1.165, 1.54) is 27.8 Å². The maximum atomic E-state index is 5.93. The van der Waals surface area contributed by atoms with Gasteiger partial charge in [0.15, 0.2) is 0 Å². The Morgan fingerprint density at radius 1 is 1.23 bits per heavy atom. The maximum absolute atomic E-state index is 5.93. The van der Waals surface area contributed by atoms with Crippen LogP contribution < -0.4 is 4.74 Å². The molecule has 0 radical (unpaired) electrons. The monoisotopic (exact) mass is 291 g/mol. The largest absolute Gasteiger partial charge is 0.489 e. The van der Waals surface area contributed by atoms with Gasteiger partial charge in [0.05, 0.1) is 0 Å². The van der Waals surface area contributed by atoms with Crippen LogP contribution in [0.4, 0.5) is 0 Å². The molecule has 1 heterocycles. The third-order valence-electron chi connectivity index (χ3n) is 4.95. The smallest absolute Gasteiger partial charge is 0.127 e. The summed E-state index contributed by atoms with van der Waals surface area (Å²) in [4.78, 5) is 2.49. The molecular weight excluding hydrogens is 270 g/mol. The van der Waals surface area contributed by atoms with Crippen molar-refractivity contribution in [2.24, 2.45) is 0 Å². The molecule has 1 atom stereocenters. The Morgan fingerprint density at radius 3 is 2.91 bits per heavy atom. The van der Waals surface area contributed by atoms with Crippen LogP contribution in [-0.4, -0.2) is 25.1 Å². The van der Waals surface area contributed by atoms with E-state index in [1.54, 1.807) is 6.08 Å². The van der Waals surface area contributed by atoms with E-state index in [0.717, 1.165) is 25.1 Å². The van der Waals surface area contributed by atoms with Crippen molar-refractivity contribution in [3.8, 4) is 16.9 Å². The summed E-state index contributed by atoms with van der Waals surface area (Å²) in [5, 5.41) is 0. The molecule has 22 heavy (non-hydrogen) atoms. The lowest BCUT2D eigenvalue weighted by molar-refractivity contribution is 0.228. The first-order chi connectivity index (χ1) is 10.8. The average molecular weight is 291 g/mol. The molecule has 1 aliphatic heterocycles. The van der Waals surface area contributed by atoms with Gasteiger partial charge in [-0.1, -0.05) is 43.0 Å². The Hall–Kier alpha value is -2.06. The molecule has 2 aromatic carbocycles. The number of likely N-dealkylation sites (N-methyl/N-ethyl adjacent to an activating group) is 1. The van der Waals surface area contributed by atoms with E-state index < -0.39 is 0 Å². The minimum atomic E-state index is 0.502. The van der Waals surface area contributed by atoms with E-state index in [0.29, 0.717) is 12.6 Å². The lowest BCUT2D eigenvalue weighted by Gasteiger charge is -2.40. The molecule has 1 aliphatic carbocycles. The lowest BCUT2D eigenvalue weighted by atomic mass is 9.77. The molecule has 112 valence electrons. The second kappa shape index (κ2) is 5.29. The van der Waals surface area contributed by atoms with Crippen molar-refractivity contribution in [2.75, 3.05) is 20.2 Å². The molecular formula is C20H21NO. The predicted octanol–water partition coefficient (Wildman–Crippen LogP) is 4.00. The van der Waals surface area contributed by atoms with Gasteiger partial charge < -0.3 is 4.74 Å². The Kier molecular flexibility index (Phi) is 3.27. The van der Waals surface area contributed by atoms with Crippen LogP contribution in [0.3, 0.4) is 0 Å². The van der Waals surface area contributed by atoms with E-state index >= 15 is 0 Å². The Bertz CT molecular complexity index is 734. The quantitative estimate of drug-likeness (QED) is 0.792. The normalized spacial score (nSPS) is 19.2. The van der Waals surface area contributed by atoms with E-state index in [2.05, 4.69) is 54.9 Å².